The second-order valence-corrected chi connectivity index (χ2v) is 3.00. The smallest absolute Gasteiger partial charge is 0.0997 e. The van der Waals surface area contributed by atoms with Crippen LogP contribution in [0.2, 0.25) is 0 Å². The first-order chi connectivity index (χ1) is 6.61. The van der Waals surface area contributed by atoms with Crippen LogP contribution in [0.15, 0.2) is 30.8 Å². The molecule has 0 aliphatic carbocycles. The van der Waals surface area contributed by atoms with Crippen molar-refractivity contribution in [2.24, 2.45) is 0 Å². The summed E-state index contributed by atoms with van der Waals surface area (Å²) in [5, 5.41) is 16.6. The number of nitriles is 1. The van der Waals surface area contributed by atoms with Crippen molar-refractivity contribution < 1.29 is 5.11 Å². The van der Waals surface area contributed by atoms with Gasteiger partial charge in [0, 0.05) is 6.10 Å². The Morgan fingerprint density at radius 1 is 1.43 bits per heavy atom. The van der Waals surface area contributed by atoms with Crippen LogP contribution < -0.4 is 0 Å². The topological polar surface area (TPSA) is 44.0 Å². The Morgan fingerprint density at radius 2 is 1.93 bits per heavy atom. The molecule has 2 heteroatoms. The fraction of sp³-hybridized carbons (Fsp3) is 0.250. The van der Waals surface area contributed by atoms with Crippen LogP contribution in [-0.2, 0) is 0 Å². The molecule has 14 heavy (non-hydrogen) atoms. The van der Waals surface area contributed by atoms with Crippen molar-refractivity contribution in [2.75, 3.05) is 0 Å². The molecule has 0 unspecified atom stereocenters. The maximum atomic E-state index is 8.55. The molecule has 0 saturated carbocycles. The van der Waals surface area contributed by atoms with Crippen molar-refractivity contribution in [3.8, 4) is 6.07 Å². The SMILES string of the molecule is C=Cc1ccccc1C#N.CC(C)O. The second kappa shape index (κ2) is 6.88. The van der Waals surface area contributed by atoms with Crippen molar-refractivity contribution in [1.29, 1.82) is 5.26 Å². The first-order valence-electron chi connectivity index (χ1n) is 4.41. The van der Waals surface area contributed by atoms with E-state index < -0.39 is 0 Å². The Hall–Kier alpha value is -1.59. The van der Waals surface area contributed by atoms with Gasteiger partial charge in [-0.3, -0.25) is 0 Å². The molecule has 0 aromatic heterocycles. The second-order valence-electron chi connectivity index (χ2n) is 3.00. The molecule has 0 heterocycles. The fourth-order valence-electron chi connectivity index (χ4n) is 0.777. The summed E-state index contributed by atoms with van der Waals surface area (Å²) in [6.07, 6.45) is 1.51. The molecule has 0 spiro atoms. The minimum Gasteiger partial charge on any atom is -0.394 e. The van der Waals surface area contributed by atoms with Crippen LogP contribution in [0.3, 0.4) is 0 Å². The van der Waals surface area contributed by atoms with Gasteiger partial charge < -0.3 is 5.11 Å². The van der Waals surface area contributed by atoms with Crippen molar-refractivity contribution in [3.05, 3.63) is 42.0 Å². The van der Waals surface area contributed by atoms with Gasteiger partial charge in [0.05, 0.1) is 11.6 Å². The molecule has 0 amide bonds. The summed E-state index contributed by atoms with van der Waals surface area (Å²) in [5.74, 6) is 0. The molecule has 74 valence electrons. The fourth-order valence-corrected chi connectivity index (χ4v) is 0.777. The predicted molar refractivity (Wildman–Crippen MR) is 58.6 cm³/mol. The minimum absolute atomic E-state index is 0.167. The van der Waals surface area contributed by atoms with Crippen LogP contribution in [0, 0.1) is 11.3 Å². The van der Waals surface area contributed by atoms with Gasteiger partial charge in [-0.2, -0.15) is 5.26 Å². The van der Waals surface area contributed by atoms with Crippen LogP contribution in [0.25, 0.3) is 6.08 Å². The number of rotatable bonds is 1. The third-order valence-corrected chi connectivity index (χ3v) is 1.30. The molecule has 1 rings (SSSR count). The Morgan fingerprint density at radius 3 is 2.29 bits per heavy atom. The van der Waals surface area contributed by atoms with Crippen molar-refractivity contribution in [3.63, 3.8) is 0 Å². The van der Waals surface area contributed by atoms with Crippen LogP contribution in [0.1, 0.15) is 25.0 Å². The molecule has 2 nitrogen and oxygen atoms in total. The molecule has 0 radical (unpaired) electrons. The normalized spacial score (nSPS) is 8.50. The number of nitrogens with zero attached hydrogens (tertiary/aromatic N) is 1. The van der Waals surface area contributed by atoms with Crippen LogP contribution >= 0.6 is 0 Å². The number of hydrogen-bond donors (Lipinski definition) is 1. The highest BCUT2D eigenvalue weighted by molar-refractivity contribution is 5.55. The molecule has 0 bridgehead atoms. The maximum absolute atomic E-state index is 8.55. The summed E-state index contributed by atoms with van der Waals surface area (Å²) < 4.78 is 0. The van der Waals surface area contributed by atoms with Gasteiger partial charge in [-0.1, -0.05) is 30.9 Å². The molecule has 0 aliphatic heterocycles. The first-order valence-corrected chi connectivity index (χ1v) is 4.41. The third-order valence-electron chi connectivity index (χ3n) is 1.30. The van der Waals surface area contributed by atoms with E-state index in [1.165, 1.54) is 0 Å². The van der Waals surface area contributed by atoms with E-state index in [-0.39, 0.29) is 6.10 Å². The van der Waals surface area contributed by atoms with Gasteiger partial charge in [-0.25, -0.2) is 0 Å². The van der Waals surface area contributed by atoms with Gasteiger partial charge >= 0.3 is 0 Å². The van der Waals surface area contributed by atoms with Gasteiger partial charge in [-0.05, 0) is 25.5 Å². The van der Waals surface area contributed by atoms with Gasteiger partial charge in [0.2, 0.25) is 0 Å². The molecule has 0 atom stereocenters. The summed E-state index contributed by atoms with van der Waals surface area (Å²) >= 11 is 0. The Labute approximate surface area is 85.1 Å². The first kappa shape index (κ1) is 12.4. The summed E-state index contributed by atoms with van der Waals surface area (Å²) in [4.78, 5) is 0. The zero-order chi connectivity index (χ0) is 11.0. The van der Waals surface area contributed by atoms with Crippen molar-refractivity contribution in [2.45, 2.75) is 20.0 Å². The van der Waals surface area contributed by atoms with E-state index in [2.05, 4.69) is 12.6 Å². The van der Waals surface area contributed by atoms with E-state index in [9.17, 15) is 0 Å². The van der Waals surface area contributed by atoms with E-state index >= 15 is 0 Å². The average Bonchev–Trinajstić information content (AvgIpc) is 2.17. The van der Waals surface area contributed by atoms with Gasteiger partial charge in [0.15, 0.2) is 0 Å². The quantitative estimate of drug-likeness (QED) is 0.738. The number of aliphatic hydroxyl groups excluding tert-OH is 1. The van der Waals surface area contributed by atoms with Crippen molar-refractivity contribution >= 4 is 6.08 Å². The lowest BCUT2D eigenvalue weighted by atomic mass is 10.1. The van der Waals surface area contributed by atoms with Crippen LogP contribution in [0.4, 0.5) is 0 Å². The lowest BCUT2D eigenvalue weighted by Crippen LogP contribution is -1.85. The molecule has 0 aliphatic rings. The highest BCUT2D eigenvalue weighted by Gasteiger charge is 1.92. The van der Waals surface area contributed by atoms with Gasteiger partial charge in [0.1, 0.15) is 0 Å². The monoisotopic (exact) mass is 189 g/mol. The lowest BCUT2D eigenvalue weighted by Gasteiger charge is -1.92. The molecular formula is C12H15NO. The Bertz CT molecular complexity index is 321. The average molecular weight is 189 g/mol. The third kappa shape index (κ3) is 5.13. The molecule has 0 saturated heterocycles. The number of hydrogen-bond acceptors (Lipinski definition) is 2. The number of benzene rings is 1. The maximum Gasteiger partial charge on any atom is 0.0997 e. The molecular weight excluding hydrogens is 174 g/mol. The summed E-state index contributed by atoms with van der Waals surface area (Å²) in [6.45, 7) is 7.03. The van der Waals surface area contributed by atoms with Crippen LogP contribution in [0.5, 0.6) is 0 Å². The largest absolute Gasteiger partial charge is 0.394 e. The van der Waals surface area contributed by atoms with E-state index in [0.29, 0.717) is 5.56 Å². The standard InChI is InChI=1S/C9H7N.C3H8O/c1-2-8-5-3-4-6-9(8)7-10;1-3(2)4/h2-6H,1H2;3-4H,1-2H3. The minimum atomic E-state index is -0.167. The van der Waals surface area contributed by atoms with Crippen LogP contribution in [-0.4, -0.2) is 11.2 Å². The lowest BCUT2D eigenvalue weighted by molar-refractivity contribution is 0.216. The Balaban J connectivity index is 0.000000364. The van der Waals surface area contributed by atoms with Crippen molar-refractivity contribution in [1.82, 2.24) is 0 Å². The van der Waals surface area contributed by atoms with E-state index in [4.69, 9.17) is 10.4 Å². The van der Waals surface area contributed by atoms with Gasteiger partial charge in [-0.15, -0.1) is 0 Å². The summed E-state index contributed by atoms with van der Waals surface area (Å²) in [5.41, 5.74) is 1.57. The predicted octanol–water partition coefficient (Wildman–Crippen LogP) is 2.59. The highest BCUT2D eigenvalue weighted by atomic mass is 16.3. The number of aliphatic hydroxyl groups is 1. The summed E-state index contributed by atoms with van der Waals surface area (Å²) in [7, 11) is 0. The molecule has 0 fully saturated rings. The Kier molecular flexibility index (Phi) is 6.09. The molecule has 1 N–H and O–H groups in total. The zero-order valence-corrected chi connectivity index (χ0v) is 8.57. The van der Waals surface area contributed by atoms with E-state index in [0.717, 1.165) is 5.56 Å². The molecule has 1 aromatic carbocycles. The summed E-state index contributed by atoms with van der Waals surface area (Å²) in [6, 6.07) is 9.44. The molecule has 1 aromatic rings. The van der Waals surface area contributed by atoms with Gasteiger partial charge in [0.25, 0.3) is 0 Å². The zero-order valence-electron chi connectivity index (χ0n) is 8.57. The van der Waals surface area contributed by atoms with E-state index in [1.54, 1.807) is 26.0 Å². The highest BCUT2D eigenvalue weighted by Crippen LogP contribution is 2.07. The van der Waals surface area contributed by atoms with E-state index in [1.807, 2.05) is 18.2 Å².